The number of hydrogen-bond acceptors (Lipinski definition) is 4. The van der Waals surface area contributed by atoms with Gasteiger partial charge in [-0.25, -0.2) is 0 Å². The summed E-state index contributed by atoms with van der Waals surface area (Å²) in [5, 5.41) is 19.9. The minimum atomic E-state index is -0.267. The number of phenolic OH excluding ortho intramolecular Hbond substituents is 2. The Bertz CT molecular complexity index is 906. The van der Waals surface area contributed by atoms with Crippen molar-refractivity contribution in [1.82, 2.24) is 0 Å². The standard InChI is InChI=1S/C26H32O4/c1-18(2)9-8-10-19(3)13-14-21(20-11-6-5-7-12-20)15-23(28)26-24(29)16-22(27)17-25(26)30-4/h5-7,9,11-13,16-17,21,27,29H,8,10,14-15H2,1-4H3. The van der Waals surface area contributed by atoms with Crippen LogP contribution in [0.5, 0.6) is 17.2 Å². The number of aromatic hydroxyl groups is 2. The number of ketones is 1. The Labute approximate surface area is 179 Å². The fourth-order valence-corrected chi connectivity index (χ4v) is 3.45. The molecule has 2 N–H and O–H groups in total. The summed E-state index contributed by atoms with van der Waals surface area (Å²) < 4.78 is 5.22. The van der Waals surface area contributed by atoms with E-state index in [2.05, 4.69) is 32.9 Å². The summed E-state index contributed by atoms with van der Waals surface area (Å²) in [5.41, 5.74) is 3.81. The third-order valence-corrected chi connectivity index (χ3v) is 5.11. The zero-order chi connectivity index (χ0) is 22.1. The smallest absolute Gasteiger partial charge is 0.170 e. The van der Waals surface area contributed by atoms with Crippen LogP contribution in [0.3, 0.4) is 0 Å². The molecular weight excluding hydrogens is 376 g/mol. The van der Waals surface area contributed by atoms with Gasteiger partial charge in [0.2, 0.25) is 0 Å². The van der Waals surface area contributed by atoms with Crippen molar-refractivity contribution in [3.8, 4) is 17.2 Å². The number of allylic oxidation sites excluding steroid dienone is 4. The predicted octanol–water partition coefficient (Wildman–Crippen LogP) is 6.55. The van der Waals surface area contributed by atoms with E-state index < -0.39 is 0 Å². The number of ether oxygens (including phenoxy) is 1. The van der Waals surface area contributed by atoms with Crippen LogP contribution in [-0.4, -0.2) is 23.1 Å². The topological polar surface area (TPSA) is 66.8 Å². The van der Waals surface area contributed by atoms with Gasteiger partial charge in [0.25, 0.3) is 0 Å². The van der Waals surface area contributed by atoms with Crippen LogP contribution in [0, 0.1) is 0 Å². The third-order valence-electron chi connectivity index (χ3n) is 5.11. The quantitative estimate of drug-likeness (QED) is 0.346. The van der Waals surface area contributed by atoms with Crippen LogP contribution in [0.15, 0.2) is 65.8 Å². The Kier molecular flexibility index (Phi) is 8.72. The second-order valence-electron chi connectivity index (χ2n) is 7.88. The summed E-state index contributed by atoms with van der Waals surface area (Å²) in [6, 6.07) is 12.5. The minimum absolute atomic E-state index is 0.0185. The molecule has 2 rings (SSSR count). The average Bonchev–Trinajstić information content (AvgIpc) is 2.70. The van der Waals surface area contributed by atoms with Crippen molar-refractivity contribution in [3.63, 3.8) is 0 Å². The normalized spacial score (nSPS) is 12.3. The number of methoxy groups -OCH3 is 1. The van der Waals surface area contributed by atoms with Gasteiger partial charge in [-0.2, -0.15) is 0 Å². The van der Waals surface area contributed by atoms with Crippen LogP contribution < -0.4 is 4.74 Å². The molecule has 0 amide bonds. The van der Waals surface area contributed by atoms with Gasteiger partial charge in [-0.1, -0.05) is 53.6 Å². The van der Waals surface area contributed by atoms with Crippen LogP contribution in [-0.2, 0) is 0 Å². The van der Waals surface area contributed by atoms with Crippen molar-refractivity contribution in [3.05, 3.63) is 76.9 Å². The summed E-state index contributed by atoms with van der Waals surface area (Å²) in [6.07, 6.45) is 7.41. The molecule has 2 aromatic rings. The molecule has 160 valence electrons. The molecule has 0 aliphatic heterocycles. The monoisotopic (exact) mass is 408 g/mol. The molecule has 0 fully saturated rings. The van der Waals surface area contributed by atoms with E-state index in [1.807, 2.05) is 30.3 Å². The summed E-state index contributed by atoms with van der Waals surface area (Å²) in [4.78, 5) is 13.1. The zero-order valence-electron chi connectivity index (χ0n) is 18.3. The largest absolute Gasteiger partial charge is 0.508 e. The summed E-state index contributed by atoms with van der Waals surface area (Å²) in [7, 11) is 1.41. The molecule has 0 heterocycles. The first kappa shape index (κ1) is 23.3. The lowest BCUT2D eigenvalue weighted by Gasteiger charge is -2.17. The number of carbonyl (C=O) groups is 1. The number of Topliss-reactive ketones (excluding diaryl/α,β-unsaturated/α-hetero) is 1. The van der Waals surface area contributed by atoms with Crippen molar-refractivity contribution < 1.29 is 19.7 Å². The van der Waals surface area contributed by atoms with E-state index in [1.165, 1.54) is 30.4 Å². The molecule has 0 saturated heterocycles. The number of hydrogen-bond donors (Lipinski definition) is 2. The molecule has 4 heteroatoms. The van der Waals surface area contributed by atoms with Gasteiger partial charge in [0, 0.05) is 18.6 Å². The van der Waals surface area contributed by atoms with Crippen molar-refractivity contribution in [1.29, 1.82) is 0 Å². The van der Waals surface area contributed by atoms with Crippen LogP contribution >= 0.6 is 0 Å². The van der Waals surface area contributed by atoms with Gasteiger partial charge >= 0.3 is 0 Å². The fourth-order valence-electron chi connectivity index (χ4n) is 3.45. The SMILES string of the molecule is COc1cc(O)cc(O)c1C(=O)CC(CC=C(C)CCC=C(C)C)c1ccccc1. The van der Waals surface area contributed by atoms with Crippen LogP contribution in [0.25, 0.3) is 0 Å². The molecule has 0 radical (unpaired) electrons. The Hall–Kier alpha value is -3.01. The Morgan fingerprint density at radius 1 is 1.07 bits per heavy atom. The van der Waals surface area contributed by atoms with E-state index in [0.29, 0.717) is 0 Å². The Morgan fingerprint density at radius 2 is 1.77 bits per heavy atom. The van der Waals surface area contributed by atoms with Gasteiger partial charge in [0.15, 0.2) is 5.78 Å². The maximum atomic E-state index is 13.1. The molecule has 0 aliphatic rings. The highest BCUT2D eigenvalue weighted by molar-refractivity contribution is 6.01. The van der Waals surface area contributed by atoms with Crippen LogP contribution in [0.4, 0.5) is 0 Å². The molecule has 0 bridgehead atoms. The maximum Gasteiger partial charge on any atom is 0.170 e. The van der Waals surface area contributed by atoms with Crippen molar-refractivity contribution in [2.24, 2.45) is 0 Å². The Balaban J connectivity index is 2.23. The molecule has 1 unspecified atom stereocenters. The number of carbonyl (C=O) groups excluding carboxylic acids is 1. The van der Waals surface area contributed by atoms with Gasteiger partial charge in [-0.05, 0) is 51.5 Å². The highest BCUT2D eigenvalue weighted by atomic mass is 16.5. The van der Waals surface area contributed by atoms with Gasteiger partial charge in [-0.3, -0.25) is 4.79 Å². The van der Waals surface area contributed by atoms with E-state index in [9.17, 15) is 15.0 Å². The predicted molar refractivity (Wildman–Crippen MR) is 121 cm³/mol. The lowest BCUT2D eigenvalue weighted by molar-refractivity contribution is 0.0968. The van der Waals surface area contributed by atoms with Gasteiger partial charge in [-0.15, -0.1) is 0 Å². The first-order valence-corrected chi connectivity index (χ1v) is 10.3. The molecule has 0 saturated carbocycles. The number of benzene rings is 2. The summed E-state index contributed by atoms with van der Waals surface area (Å²) >= 11 is 0. The fraction of sp³-hybridized carbons (Fsp3) is 0.346. The second kappa shape index (κ2) is 11.2. The number of rotatable bonds is 10. The van der Waals surface area contributed by atoms with E-state index in [0.717, 1.165) is 24.8 Å². The molecule has 1 atom stereocenters. The van der Waals surface area contributed by atoms with Gasteiger partial charge in [0.1, 0.15) is 22.8 Å². The van der Waals surface area contributed by atoms with Crippen molar-refractivity contribution in [2.75, 3.05) is 7.11 Å². The minimum Gasteiger partial charge on any atom is -0.508 e. The lowest BCUT2D eigenvalue weighted by Crippen LogP contribution is -2.09. The molecule has 30 heavy (non-hydrogen) atoms. The number of phenols is 2. The highest BCUT2D eigenvalue weighted by Gasteiger charge is 2.23. The lowest BCUT2D eigenvalue weighted by atomic mass is 9.87. The zero-order valence-corrected chi connectivity index (χ0v) is 18.3. The first-order chi connectivity index (χ1) is 14.3. The second-order valence-corrected chi connectivity index (χ2v) is 7.88. The summed E-state index contributed by atoms with van der Waals surface area (Å²) in [5.74, 6) is -0.464. The van der Waals surface area contributed by atoms with E-state index in [1.54, 1.807) is 0 Å². The molecule has 2 aromatic carbocycles. The Morgan fingerprint density at radius 3 is 2.40 bits per heavy atom. The van der Waals surface area contributed by atoms with Gasteiger partial charge in [0.05, 0.1) is 7.11 Å². The van der Waals surface area contributed by atoms with E-state index >= 15 is 0 Å². The third kappa shape index (κ3) is 6.80. The first-order valence-electron chi connectivity index (χ1n) is 10.3. The molecular formula is C26H32O4. The van der Waals surface area contributed by atoms with Crippen LogP contribution in [0.1, 0.15) is 68.3 Å². The summed E-state index contributed by atoms with van der Waals surface area (Å²) in [6.45, 7) is 6.32. The highest BCUT2D eigenvalue weighted by Crippen LogP contribution is 2.36. The molecule has 0 aliphatic carbocycles. The molecule has 4 nitrogen and oxygen atoms in total. The van der Waals surface area contributed by atoms with Gasteiger partial charge < -0.3 is 14.9 Å². The van der Waals surface area contributed by atoms with Crippen molar-refractivity contribution in [2.45, 2.75) is 52.4 Å². The maximum absolute atomic E-state index is 13.1. The molecule has 0 aromatic heterocycles. The van der Waals surface area contributed by atoms with Crippen LogP contribution in [0.2, 0.25) is 0 Å². The van der Waals surface area contributed by atoms with E-state index in [4.69, 9.17) is 4.74 Å². The molecule has 0 spiro atoms. The average molecular weight is 409 g/mol. The van der Waals surface area contributed by atoms with E-state index in [-0.39, 0.29) is 40.9 Å². The van der Waals surface area contributed by atoms with Crippen molar-refractivity contribution >= 4 is 5.78 Å².